The molecule has 1 N–H and O–H groups in total. The number of benzene rings is 2. The lowest BCUT2D eigenvalue weighted by Crippen LogP contribution is -2.35. The fourth-order valence-corrected chi connectivity index (χ4v) is 5.72. The monoisotopic (exact) mass is 518 g/mol. The molecule has 0 radical (unpaired) electrons. The van der Waals surface area contributed by atoms with Gasteiger partial charge in [-0.25, -0.2) is 13.2 Å². The summed E-state index contributed by atoms with van der Waals surface area (Å²) in [6.07, 6.45) is 2.45. The van der Waals surface area contributed by atoms with Crippen molar-refractivity contribution in [3.05, 3.63) is 53.1 Å². The van der Waals surface area contributed by atoms with Gasteiger partial charge in [0.1, 0.15) is 4.90 Å². The Hall–Kier alpha value is -2.21. The van der Waals surface area contributed by atoms with E-state index >= 15 is 0 Å². The average Bonchev–Trinajstić information content (AvgIpc) is 2.79. The lowest BCUT2D eigenvalue weighted by atomic mass is 10.2. The number of esters is 1. The summed E-state index contributed by atoms with van der Waals surface area (Å²) >= 11 is 6.48. The number of piperidine rings is 1. The molecular weight excluding hydrogens is 498 g/mol. The first-order valence-corrected chi connectivity index (χ1v) is 12.7. The number of nitrogens with zero attached hydrogens (tertiary/aromatic N) is 1. The fraction of sp³-hybridized carbons (Fsp3) is 0.333. The number of nitrogens with one attached hydrogen (secondary N) is 1. The number of anilines is 1. The summed E-state index contributed by atoms with van der Waals surface area (Å²) < 4.78 is 56.9. The van der Waals surface area contributed by atoms with Crippen molar-refractivity contribution in [2.75, 3.05) is 25.0 Å². The van der Waals surface area contributed by atoms with Crippen molar-refractivity contribution in [2.45, 2.75) is 34.8 Å². The van der Waals surface area contributed by atoms with Crippen LogP contribution in [0.3, 0.4) is 0 Å². The van der Waals surface area contributed by atoms with Crippen LogP contribution in [0.4, 0.5) is 14.5 Å². The zero-order chi connectivity index (χ0) is 24.0. The fourth-order valence-electron chi connectivity index (χ4n) is 3.20. The van der Waals surface area contributed by atoms with E-state index in [9.17, 15) is 26.8 Å². The Kier molecular flexibility index (Phi) is 8.69. The highest BCUT2D eigenvalue weighted by Crippen LogP contribution is 2.28. The predicted octanol–water partition coefficient (Wildman–Crippen LogP) is 4.62. The summed E-state index contributed by atoms with van der Waals surface area (Å²) in [6.45, 7) is 0.147. The molecule has 0 unspecified atom stereocenters. The second-order valence-corrected chi connectivity index (χ2v) is 10.5. The number of hydrogen-bond donors (Lipinski definition) is 1. The molecule has 0 aromatic heterocycles. The third-order valence-corrected chi connectivity index (χ3v) is 7.90. The summed E-state index contributed by atoms with van der Waals surface area (Å²) in [7, 11) is -3.87. The highest BCUT2D eigenvalue weighted by molar-refractivity contribution is 7.99. The lowest BCUT2D eigenvalue weighted by Gasteiger charge is -2.26. The van der Waals surface area contributed by atoms with Crippen molar-refractivity contribution in [3.8, 4) is 0 Å². The predicted molar refractivity (Wildman–Crippen MR) is 121 cm³/mol. The minimum atomic E-state index is -3.87. The molecule has 1 heterocycles. The number of amides is 1. The van der Waals surface area contributed by atoms with Gasteiger partial charge in [-0.3, -0.25) is 4.79 Å². The van der Waals surface area contributed by atoms with Crippen molar-refractivity contribution in [1.29, 1.82) is 0 Å². The average molecular weight is 519 g/mol. The number of alkyl halides is 2. The van der Waals surface area contributed by atoms with E-state index in [0.29, 0.717) is 35.4 Å². The van der Waals surface area contributed by atoms with Crippen molar-refractivity contribution in [2.24, 2.45) is 0 Å². The molecule has 3 rings (SSSR count). The van der Waals surface area contributed by atoms with Gasteiger partial charge in [0.25, 0.3) is 11.7 Å². The number of rotatable bonds is 8. The summed E-state index contributed by atoms with van der Waals surface area (Å²) in [5, 5.41) is 2.47. The highest BCUT2D eigenvalue weighted by atomic mass is 35.5. The van der Waals surface area contributed by atoms with Crippen LogP contribution in [0.2, 0.25) is 5.02 Å². The minimum absolute atomic E-state index is 0.0108. The highest BCUT2D eigenvalue weighted by Gasteiger charge is 2.29. The summed E-state index contributed by atoms with van der Waals surface area (Å²) in [6, 6.07) is 9.51. The second kappa shape index (κ2) is 11.3. The molecule has 178 valence electrons. The Bertz CT molecular complexity index is 1110. The van der Waals surface area contributed by atoms with Crippen molar-refractivity contribution in [1.82, 2.24) is 4.31 Å². The van der Waals surface area contributed by atoms with Crippen LogP contribution < -0.4 is 5.32 Å². The maximum atomic E-state index is 12.9. The van der Waals surface area contributed by atoms with Gasteiger partial charge in [0, 0.05) is 23.7 Å². The molecule has 1 aliphatic rings. The van der Waals surface area contributed by atoms with Crippen LogP contribution in [0.15, 0.2) is 52.3 Å². The molecule has 1 fully saturated rings. The van der Waals surface area contributed by atoms with Gasteiger partial charge in [-0.1, -0.05) is 29.8 Å². The maximum Gasteiger partial charge on any atom is 0.338 e. The topological polar surface area (TPSA) is 92.8 Å². The van der Waals surface area contributed by atoms with Gasteiger partial charge in [0.15, 0.2) is 6.61 Å². The van der Waals surface area contributed by atoms with Gasteiger partial charge in [-0.05, 0) is 55.3 Å². The van der Waals surface area contributed by atoms with E-state index in [0.717, 1.165) is 25.3 Å². The number of halogens is 3. The number of sulfonamides is 1. The molecule has 2 aromatic rings. The first-order valence-electron chi connectivity index (χ1n) is 9.98. The standard InChI is InChI=1S/C21H21ClF2N2O5S2/c22-17-9-4-14(12-18(17)33(29,30)26-10-2-1-3-11-26)20(28)31-13-19(27)25-15-5-7-16(8-6-15)32-21(23)24/h4-9,12,21H,1-3,10-11,13H2,(H,25,27). The Labute approximate surface area is 199 Å². The van der Waals surface area contributed by atoms with E-state index in [1.54, 1.807) is 0 Å². The molecule has 0 aliphatic carbocycles. The van der Waals surface area contributed by atoms with Gasteiger partial charge in [-0.15, -0.1) is 0 Å². The Morgan fingerprint density at radius 3 is 2.39 bits per heavy atom. The SMILES string of the molecule is O=C(COC(=O)c1ccc(Cl)c(S(=O)(=O)N2CCCCC2)c1)Nc1ccc(SC(F)F)cc1. The van der Waals surface area contributed by atoms with Gasteiger partial charge in [-0.2, -0.15) is 13.1 Å². The van der Waals surface area contributed by atoms with Gasteiger partial charge < -0.3 is 10.1 Å². The third kappa shape index (κ3) is 6.89. The van der Waals surface area contributed by atoms with Crippen LogP contribution in [0, 0.1) is 0 Å². The van der Waals surface area contributed by atoms with Crippen LogP contribution in [-0.2, 0) is 19.6 Å². The maximum absolute atomic E-state index is 12.9. The Balaban J connectivity index is 1.61. The van der Waals surface area contributed by atoms with Crippen LogP contribution in [-0.4, -0.2) is 50.1 Å². The molecule has 0 spiro atoms. The number of carbonyl (C=O) groups excluding carboxylic acids is 2. The zero-order valence-electron chi connectivity index (χ0n) is 17.3. The van der Waals surface area contributed by atoms with E-state index in [-0.39, 0.29) is 15.5 Å². The Morgan fingerprint density at radius 1 is 1.09 bits per heavy atom. The number of ether oxygens (including phenoxy) is 1. The molecular formula is C21H21ClF2N2O5S2. The van der Waals surface area contributed by atoms with Crippen LogP contribution >= 0.6 is 23.4 Å². The smallest absolute Gasteiger partial charge is 0.338 e. The van der Waals surface area contributed by atoms with E-state index in [2.05, 4.69) is 5.32 Å². The first-order chi connectivity index (χ1) is 15.7. The molecule has 2 aromatic carbocycles. The normalized spacial score (nSPS) is 14.8. The number of thioether (sulfide) groups is 1. The van der Waals surface area contributed by atoms with E-state index < -0.39 is 34.3 Å². The molecule has 7 nitrogen and oxygen atoms in total. The molecule has 33 heavy (non-hydrogen) atoms. The zero-order valence-corrected chi connectivity index (χ0v) is 19.7. The molecule has 0 saturated carbocycles. The molecule has 1 saturated heterocycles. The van der Waals surface area contributed by atoms with Crippen LogP contribution in [0.1, 0.15) is 29.6 Å². The molecule has 0 bridgehead atoms. The van der Waals surface area contributed by atoms with Crippen molar-refractivity contribution in [3.63, 3.8) is 0 Å². The minimum Gasteiger partial charge on any atom is -0.452 e. The number of carbonyl (C=O) groups is 2. The first kappa shape index (κ1) is 25.4. The largest absolute Gasteiger partial charge is 0.452 e. The Morgan fingerprint density at radius 2 is 1.76 bits per heavy atom. The van der Waals surface area contributed by atoms with Crippen molar-refractivity contribution >= 4 is 50.9 Å². The quantitative estimate of drug-likeness (QED) is 0.405. The lowest BCUT2D eigenvalue weighted by molar-refractivity contribution is -0.119. The third-order valence-electron chi connectivity index (χ3n) is 4.80. The molecule has 1 aliphatic heterocycles. The van der Waals surface area contributed by atoms with Crippen molar-refractivity contribution < 1.29 is 31.5 Å². The summed E-state index contributed by atoms with van der Waals surface area (Å²) in [4.78, 5) is 24.6. The van der Waals surface area contributed by atoms with Crippen LogP contribution in [0.25, 0.3) is 0 Å². The van der Waals surface area contributed by atoms with Crippen LogP contribution in [0.5, 0.6) is 0 Å². The number of hydrogen-bond acceptors (Lipinski definition) is 6. The van der Waals surface area contributed by atoms with Gasteiger partial charge in [0.05, 0.1) is 10.6 Å². The van der Waals surface area contributed by atoms with E-state index in [1.165, 1.54) is 40.7 Å². The molecule has 12 heteroatoms. The molecule has 0 atom stereocenters. The molecule has 1 amide bonds. The summed E-state index contributed by atoms with van der Waals surface area (Å²) in [5.41, 5.74) is 0.284. The second-order valence-electron chi connectivity index (χ2n) is 7.14. The van der Waals surface area contributed by atoms with E-state index in [1.807, 2.05) is 0 Å². The summed E-state index contributed by atoms with van der Waals surface area (Å²) in [5.74, 6) is -4.08. The van der Waals surface area contributed by atoms with Gasteiger partial charge >= 0.3 is 5.97 Å². The van der Waals surface area contributed by atoms with E-state index in [4.69, 9.17) is 16.3 Å². The van der Waals surface area contributed by atoms with Gasteiger partial charge in [0.2, 0.25) is 10.0 Å².